The lowest BCUT2D eigenvalue weighted by atomic mass is 10.1. The van der Waals surface area contributed by atoms with Gasteiger partial charge in [-0.15, -0.1) is 0 Å². The fourth-order valence-corrected chi connectivity index (χ4v) is 2.93. The molecule has 146 valence electrons. The predicted octanol–water partition coefficient (Wildman–Crippen LogP) is 2.22. The maximum Gasteiger partial charge on any atom is 0.255 e. The number of hydrogen-bond acceptors (Lipinski definition) is 4. The molecule has 0 bridgehead atoms. The Bertz CT molecular complexity index is 897. The van der Waals surface area contributed by atoms with Crippen LogP contribution in [-0.2, 0) is 4.79 Å². The first-order valence-electron chi connectivity index (χ1n) is 9.29. The molecule has 0 aliphatic heterocycles. The van der Waals surface area contributed by atoms with E-state index in [1.165, 1.54) is 0 Å². The standard InChI is InChI=1S/C21H24N4O3/c1-13-11-17(13)21(28)24-15-6-4-5-14(12-15)19(26)25-18-8-3-2-7-16(18)20(27)23-10-9-22/h2-8,12-13,17H,9-11,22H2,1H3,(H,23,27)(H,24,28)(H,25,26). The molecule has 1 saturated carbocycles. The van der Waals surface area contributed by atoms with Crippen LogP contribution in [0.25, 0.3) is 0 Å². The van der Waals surface area contributed by atoms with Crippen LogP contribution in [0.3, 0.4) is 0 Å². The molecule has 1 aliphatic rings. The van der Waals surface area contributed by atoms with Crippen molar-refractivity contribution in [1.82, 2.24) is 5.32 Å². The van der Waals surface area contributed by atoms with E-state index < -0.39 is 0 Å². The zero-order chi connectivity index (χ0) is 20.1. The van der Waals surface area contributed by atoms with Gasteiger partial charge in [0.1, 0.15) is 0 Å². The van der Waals surface area contributed by atoms with Gasteiger partial charge in [-0.25, -0.2) is 0 Å². The molecule has 2 aromatic carbocycles. The predicted molar refractivity (Wildman–Crippen MR) is 108 cm³/mol. The Morgan fingerprint density at radius 1 is 1.04 bits per heavy atom. The highest BCUT2D eigenvalue weighted by molar-refractivity contribution is 6.09. The molecule has 0 spiro atoms. The van der Waals surface area contributed by atoms with Crippen LogP contribution in [0.2, 0.25) is 0 Å². The van der Waals surface area contributed by atoms with Crippen LogP contribution in [0.5, 0.6) is 0 Å². The van der Waals surface area contributed by atoms with Crippen molar-refractivity contribution < 1.29 is 14.4 Å². The lowest BCUT2D eigenvalue weighted by Crippen LogP contribution is -2.30. The zero-order valence-electron chi connectivity index (χ0n) is 15.7. The van der Waals surface area contributed by atoms with Gasteiger partial charge in [0.2, 0.25) is 5.91 Å². The van der Waals surface area contributed by atoms with Gasteiger partial charge in [-0.1, -0.05) is 25.1 Å². The highest BCUT2D eigenvalue weighted by Gasteiger charge is 2.39. The minimum atomic E-state index is -0.366. The SMILES string of the molecule is CC1CC1C(=O)Nc1cccc(C(=O)Nc2ccccc2C(=O)NCCN)c1. The van der Waals surface area contributed by atoms with Crippen LogP contribution in [0.15, 0.2) is 48.5 Å². The van der Waals surface area contributed by atoms with E-state index in [2.05, 4.69) is 16.0 Å². The zero-order valence-corrected chi connectivity index (χ0v) is 15.7. The molecule has 2 atom stereocenters. The number of carbonyl (C=O) groups excluding carboxylic acids is 3. The van der Waals surface area contributed by atoms with Crippen molar-refractivity contribution >= 4 is 29.1 Å². The van der Waals surface area contributed by atoms with Crippen LogP contribution in [-0.4, -0.2) is 30.8 Å². The normalized spacial score (nSPS) is 17.5. The fourth-order valence-electron chi connectivity index (χ4n) is 2.93. The number of benzene rings is 2. The summed E-state index contributed by atoms with van der Waals surface area (Å²) in [7, 11) is 0. The van der Waals surface area contributed by atoms with E-state index in [4.69, 9.17) is 5.73 Å². The molecule has 28 heavy (non-hydrogen) atoms. The first-order valence-corrected chi connectivity index (χ1v) is 9.29. The number of para-hydroxylation sites is 1. The van der Waals surface area contributed by atoms with Crippen LogP contribution in [0.4, 0.5) is 11.4 Å². The molecule has 3 amide bonds. The van der Waals surface area contributed by atoms with Crippen molar-refractivity contribution in [2.75, 3.05) is 23.7 Å². The van der Waals surface area contributed by atoms with E-state index in [0.29, 0.717) is 41.5 Å². The van der Waals surface area contributed by atoms with Gasteiger partial charge in [0.25, 0.3) is 11.8 Å². The summed E-state index contributed by atoms with van der Waals surface area (Å²) < 4.78 is 0. The van der Waals surface area contributed by atoms with Crippen molar-refractivity contribution in [2.24, 2.45) is 17.6 Å². The smallest absolute Gasteiger partial charge is 0.255 e. The Kier molecular flexibility index (Phi) is 6.06. The van der Waals surface area contributed by atoms with Crippen LogP contribution >= 0.6 is 0 Å². The summed E-state index contributed by atoms with van der Waals surface area (Å²) in [5.41, 5.74) is 7.14. The quantitative estimate of drug-likeness (QED) is 0.590. The molecule has 0 radical (unpaired) electrons. The van der Waals surface area contributed by atoms with Gasteiger partial charge in [-0.2, -0.15) is 0 Å². The molecule has 1 fully saturated rings. The molecule has 0 aromatic heterocycles. The number of hydrogen-bond donors (Lipinski definition) is 4. The Hall–Kier alpha value is -3.19. The summed E-state index contributed by atoms with van der Waals surface area (Å²) in [5.74, 6) is -0.229. The lowest BCUT2D eigenvalue weighted by molar-refractivity contribution is -0.117. The number of rotatable bonds is 7. The Labute approximate surface area is 163 Å². The van der Waals surface area contributed by atoms with E-state index >= 15 is 0 Å². The molecule has 2 aromatic rings. The van der Waals surface area contributed by atoms with Gasteiger partial charge >= 0.3 is 0 Å². The number of anilines is 2. The van der Waals surface area contributed by atoms with Gasteiger partial charge < -0.3 is 21.7 Å². The van der Waals surface area contributed by atoms with Crippen LogP contribution in [0.1, 0.15) is 34.1 Å². The van der Waals surface area contributed by atoms with E-state index in [1.54, 1.807) is 48.5 Å². The number of nitrogens with two attached hydrogens (primary N) is 1. The molecule has 7 nitrogen and oxygen atoms in total. The molecular weight excluding hydrogens is 356 g/mol. The molecular formula is C21H24N4O3. The van der Waals surface area contributed by atoms with Crippen molar-refractivity contribution in [2.45, 2.75) is 13.3 Å². The van der Waals surface area contributed by atoms with Crippen LogP contribution in [0, 0.1) is 11.8 Å². The summed E-state index contributed by atoms with van der Waals surface area (Å²) in [6.45, 7) is 2.72. The molecule has 1 aliphatic carbocycles. The highest BCUT2D eigenvalue weighted by Crippen LogP contribution is 2.38. The number of carbonyl (C=O) groups is 3. The van der Waals surface area contributed by atoms with E-state index in [9.17, 15) is 14.4 Å². The lowest BCUT2D eigenvalue weighted by Gasteiger charge is -2.12. The second kappa shape index (κ2) is 8.67. The summed E-state index contributed by atoms with van der Waals surface area (Å²) in [6, 6.07) is 13.5. The maximum atomic E-state index is 12.7. The molecule has 5 N–H and O–H groups in total. The Morgan fingerprint density at radius 3 is 2.50 bits per heavy atom. The summed E-state index contributed by atoms with van der Waals surface area (Å²) in [5, 5.41) is 8.30. The van der Waals surface area contributed by atoms with Crippen LogP contribution < -0.4 is 21.7 Å². The summed E-state index contributed by atoms with van der Waals surface area (Å²) in [6.07, 6.45) is 0.898. The third kappa shape index (κ3) is 4.75. The summed E-state index contributed by atoms with van der Waals surface area (Å²) in [4.78, 5) is 37.0. The minimum absolute atomic E-state index is 0.0213. The van der Waals surface area contributed by atoms with E-state index in [0.717, 1.165) is 6.42 Å². The average molecular weight is 380 g/mol. The molecule has 2 unspecified atom stereocenters. The van der Waals surface area contributed by atoms with E-state index in [1.807, 2.05) is 6.92 Å². The number of nitrogens with one attached hydrogen (secondary N) is 3. The first kappa shape index (κ1) is 19.6. The Balaban J connectivity index is 1.71. The van der Waals surface area contributed by atoms with Crippen molar-refractivity contribution in [3.8, 4) is 0 Å². The first-order chi connectivity index (χ1) is 13.5. The minimum Gasteiger partial charge on any atom is -0.351 e. The van der Waals surface area contributed by atoms with Crippen molar-refractivity contribution in [3.05, 3.63) is 59.7 Å². The van der Waals surface area contributed by atoms with Crippen molar-refractivity contribution in [3.63, 3.8) is 0 Å². The third-order valence-corrected chi connectivity index (χ3v) is 4.69. The highest BCUT2D eigenvalue weighted by atomic mass is 16.2. The van der Waals surface area contributed by atoms with Gasteiger partial charge in [0, 0.05) is 30.3 Å². The molecule has 7 heteroatoms. The van der Waals surface area contributed by atoms with Gasteiger partial charge in [-0.05, 0) is 42.7 Å². The topological polar surface area (TPSA) is 113 Å². The second-order valence-electron chi connectivity index (χ2n) is 6.93. The van der Waals surface area contributed by atoms with Gasteiger partial charge in [0.05, 0.1) is 11.3 Å². The third-order valence-electron chi connectivity index (χ3n) is 4.69. The molecule has 3 rings (SSSR count). The molecule has 0 heterocycles. The van der Waals surface area contributed by atoms with Crippen molar-refractivity contribution in [1.29, 1.82) is 0 Å². The fraction of sp³-hybridized carbons (Fsp3) is 0.286. The monoisotopic (exact) mass is 380 g/mol. The van der Waals surface area contributed by atoms with Gasteiger partial charge in [0.15, 0.2) is 0 Å². The van der Waals surface area contributed by atoms with Gasteiger partial charge in [-0.3, -0.25) is 14.4 Å². The Morgan fingerprint density at radius 2 is 1.79 bits per heavy atom. The largest absolute Gasteiger partial charge is 0.351 e. The van der Waals surface area contributed by atoms with E-state index in [-0.39, 0.29) is 23.6 Å². The maximum absolute atomic E-state index is 12.7. The number of amides is 3. The average Bonchev–Trinajstić information content (AvgIpc) is 3.43. The summed E-state index contributed by atoms with van der Waals surface area (Å²) >= 11 is 0. The second-order valence-corrected chi connectivity index (χ2v) is 6.93. The molecule has 0 saturated heterocycles.